The van der Waals surface area contributed by atoms with Crippen LogP contribution in [0, 0.1) is 6.92 Å². The van der Waals surface area contributed by atoms with Gasteiger partial charge in [0.1, 0.15) is 6.61 Å². The number of hydrogen-bond acceptors (Lipinski definition) is 4. The first-order valence-electron chi connectivity index (χ1n) is 11.7. The first kappa shape index (κ1) is 25.7. The fourth-order valence-electron chi connectivity index (χ4n) is 3.74. The van der Waals surface area contributed by atoms with Crippen LogP contribution in [0.3, 0.4) is 0 Å². The summed E-state index contributed by atoms with van der Waals surface area (Å²) in [5.41, 5.74) is 4.21. The van der Waals surface area contributed by atoms with Crippen LogP contribution >= 0.6 is 11.6 Å². The molecule has 4 aromatic rings. The van der Waals surface area contributed by atoms with E-state index >= 15 is 0 Å². The van der Waals surface area contributed by atoms with Crippen molar-refractivity contribution in [2.24, 2.45) is 0 Å². The molecule has 0 heterocycles. The van der Waals surface area contributed by atoms with Gasteiger partial charge in [0, 0.05) is 22.2 Å². The zero-order chi connectivity index (χ0) is 26.2. The minimum absolute atomic E-state index is 0.228. The number of rotatable bonds is 9. The van der Waals surface area contributed by atoms with Crippen LogP contribution in [-0.2, 0) is 11.4 Å². The molecule has 0 aromatic heterocycles. The highest BCUT2D eigenvalue weighted by molar-refractivity contribution is 6.31. The van der Waals surface area contributed by atoms with E-state index in [-0.39, 0.29) is 11.7 Å². The molecule has 6 heteroatoms. The van der Waals surface area contributed by atoms with Crippen LogP contribution in [0.25, 0.3) is 6.08 Å². The summed E-state index contributed by atoms with van der Waals surface area (Å²) in [6.07, 6.45) is 3.06. The second-order valence-corrected chi connectivity index (χ2v) is 8.77. The summed E-state index contributed by atoms with van der Waals surface area (Å²) in [5, 5.41) is 3.19. The van der Waals surface area contributed by atoms with Gasteiger partial charge in [-0.3, -0.25) is 9.59 Å². The molecule has 0 aliphatic heterocycles. The zero-order valence-electron chi connectivity index (χ0n) is 20.5. The Morgan fingerprint density at radius 2 is 1.65 bits per heavy atom. The number of amides is 1. The van der Waals surface area contributed by atoms with E-state index in [0.29, 0.717) is 39.9 Å². The third kappa shape index (κ3) is 6.66. The monoisotopic (exact) mass is 511 g/mol. The number of carbonyl (C=O) groups is 2. The summed E-state index contributed by atoms with van der Waals surface area (Å²) >= 11 is 6.13. The fraction of sp³-hybridized carbons (Fsp3) is 0.0968. The summed E-state index contributed by atoms with van der Waals surface area (Å²) < 4.78 is 11.5. The van der Waals surface area contributed by atoms with Crippen LogP contribution in [-0.4, -0.2) is 18.8 Å². The Morgan fingerprint density at radius 1 is 0.892 bits per heavy atom. The predicted octanol–water partition coefficient (Wildman–Crippen LogP) is 7.12. The van der Waals surface area contributed by atoms with Crippen LogP contribution in [0.2, 0.25) is 5.02 Å². The summed E-state index contributed by atoms with van der Waals surface area (Å²) in [5.74, 6) is 0.554. The summed E-state index contributed by atoms with van der Waals surface area (Å²) in [4.78, 5) is 25.7. The molecule has 186 valence electrons. The number of halogens is 1. The molecule has 37 heavy (non-hydrogen) atoms. The van der Waals surface area contributed by atoms with Crippen molar-refractivity contribution < 1.29 is 19.1 Å². The average Bonchev–Trinajstić information content (AvgIpc) is 2.92. The molecule has 0 bridgehead atoms. The first-order chi connectivity index (χ1) is 17.9. The number of benzene rings is 4. The fourth-order valence-corrected chi connectivity index (χ4v) is 3.91. The molecule has 1 N–H and O–H groups in total. The van der Waals surface area contributed by atoms with Gasteiger partial charge in [0.2, 0.25) is 5.91 Å². The van der Waals surface area contributed by atoms with Crippen LogP contribution in [0.4, 0.5) is 5.69 Å². The van der Waals surface area contributed by atoms with Crippen molar-refractivity contribution in [1.29, 1.82) is 0 Å². The van der Waals surface area contributed by atoms with Gasteiger partial charge in [-0.25, -0.2) is 0 Å². The minimum atomic E-state index is -0.386. The first-order valence-corrected chi connectivity index (χ1v) is 12.1. The van der Waals surface area contributed by atoms with Crippen molar-refractivity contribution >= 4 is 35.1 Å². The van der Waals surface area contributed by atoms with E-state index in [1.165, 1.54) is 6.08 Å². The van der Waals surface area contributed by atoms with Gasteiger partial charge >= 0.3 is 0 Å². The largest absolute Gasteiger partial charge is 0.493 e. The Balaban J connectivity index is 1.46. The zero-order valence-corrected chi connectivity index (χ0v) is 21.3. The molecule has 0 fully saturated rings. The molecule has 0 aliphatic carbocycles. The van der Waals surface area contributed by atoms with Gasteiger partial charge in [-0.2, -0.15) is 0 Å². The normalized spacial score (nSPS) is 10.8. The van der Waals surface area contributed by atoms with E-state index in [9.17, 15) is 9.59 Å². The molecule has 0 atom stereocenters. The highest BCUT2D eigenvalue weighted by Crippen LogP contribution is 2.30. The van der Waals surface area contributed by atoms with Crippen molar-refractivity contribution in [3.8, 4) is 11.5 Å². The lowest BCUT2D eigenvalue weighted by atomic mass is 10.0. The predicted molar refractivity (Wildman–Crippen MR) is 147 cm³/mol. The van der Waals surface area contributed by atoms with Crippen LogP contribution in [0.15, 0.2) is 97.1 Å². The van der Waals surface area contributed by atoms with E-state index in [1.54, 1.807) is 61.7 Å². The maximum Gasteiger partial charge on any atom is 0.248 e. The Bertz CT molecular complexity index is 1450. The molecule has 5 nitrogen and oxygen atoms in total. The van der Waals surface area contributed by atoms with Crippen molar-refractivity contribution in [2.45, 2.75) is 13.5 Å². The van der Waals surface area contributed by atoms with Gasteiger partial charge < -0.3 is 14.8 Å². The maximum atomic E-state index is 13.0. The van der Waals surface area contributed by atoms with E-state index < -0.39 is 0 Å². The Labute approximate surface area is 221 Å². The summed E-state index contributed by atoms with van der Waals surface area (Å²) in [6.45, 7) is 2.46. The van der Waals surface area contributed by atoms with Gasteiger partial charge in [0.25, 0.3) is 0 Å². The average molecular weight is 512 g/mol. The lowest BCUT2D eigenvalue weighted by Crippen LogP contribution is -2.12. The second-order valence-electron chi connectivity index (χ2n) is 8.33. The molecule has 4 aromatic carbocycles. The standard InChI is InChI=1S/C31H26ClNO4/c1-21-8-6-7-11-24(21)20-37-28-16-12-22(18-29(28)36-2)13-17-30(34)33-27-15-14-25(32)19-26(27)31(35)23-9-4-3-5-10-23/h3-19H,20H2,1-2H3,(H,33,34). The highest BCUT2D eigenvalue weighted by Gasteiger charge is 2.15. The van der Waals surface area contributed by atoms with Crippen LogP contribution in [0.5, 0.6) is 11.5 Å². The molecule has 0 aliphatic rings. The Hall–Kier alpha value is -4.35. The third-order valence-corrected chi connectivity index (χ3v) is 6.01. The van der Waals surface area contributed by atoms with Crippen LogP contribution < -0.4 is 14.8 Å². The van der Waals surface area contributed by atoms with E-state index in [0.717, 1.165) is 16.7 Å². The number of ketones is 1. The molecule has 4 rings (SSSR count). The van der Waals surface area contributed by atoms with Gasteiger partial charge in [-0.15, -0.1) is 0 Å². The van der Waals surface area contributed by atoms with Gasteiger partial charge in [0.15, 0.2) is 17.3 Å². The molecule has 1 amide bonds. The lowest BCUT2D eigenvalue weighted by Gasteiger charge is -2.12. The Morgan fingerprint density at radius 3 is 2.41 bits per heavy atom. The maximum absolute atomic E-state index is 13.0. The third-order valence-electron chi connectivity index (χ3n) is 5.78. The molecule has 0 saturated carbocycles. The summed E-state index contributed by atoms with van der Waals surface area (Å²) in [6, 6.07) is 27.1. The van der Waals surface area contributed by atoms with Crippen molar-refractivity contribution in [2.75, 3.05) is 12.4 Å². The molecular formula is C31H26ClNO4. The molecule has 0 unspecified atom stereocenters. The molecular weight excluding hydrogens is 486 g/mol. The van der Waals surface area contributed by atoms with E-state index in [4.69, 9.17) is 21.1 Å². The van der Waals surface area contributed by atoms with E-state index in [1.807, 2.05) is 49.4 Å². The van der Waals surface area contributed by atoms with Crippen molar-refractivity contribution in [3.63, 3.8) is 0 Å². The number of aryl methyl sites for hydroxylation is 1. The number of methoxy groups -OCH3 is 1. The van der Waals surface area contributed by atoms with E-state index in [2.05, 4.69) is 5.32 Å². The number of hydrogen-bond donors (Lipinski definition) is 1. The molecule has 0 radical (unpaired) electrons. The lowest BCUT2D eigenvalue weighted by molar-refractivity contribution is -0.111. The smallest absolute Gasteiger partial charge is 0.248 e. The number of carbonyl (C=O) groups excluding carboxylic acids is 2. The number of nitrogens with one attached hydrogen (secondary N) is 1. The summed E-state index contributed by atoms with van der Waals surface area (Å²) in [7, 11) is 1.57. The second kappa shape index (κ2) is 12.1. The van der Waals surface area contributed by atoms with Gasteiger partial charge in [-0.1, -0.05) is 72.3 Å². The Kier molecular flexibility index (Phi) is 8.39. The SMILES string of the molecule is COc1cc(C=CC(=O)Nc2ccc(Cl)cc2C(=O)c2ccccc2)ccc1OCc1ccccc1C. The quantitative estimate of drug-likeness (QED) is 0.192. The number of ether oxygens (including phenoxy) is 2. The minimum Gasteiger partial charge on any atom is -0.493 e. The highest BCUT2D eigenvalue weighted by atomic mass is 35.5. The van der Waals surface area contributed by atoms with Gasteiger partial charge in [-0.05, 0) is 60.0 Å². The van der Waals surface area contributed by atoms with Crippen LogP contribution in [0.1, 0.15) is 32.6 Å². The van der Waals surface area contributed by atoms with Gasteiger partial charge in [0.05, 0.1) is 12.8 Å². The van der Waals surface area contributed by atoms with Crippen molar-refractivity contribution in [3.05, 3.63) is 130 Å². The number of anilines is 1. The topological polar surface area (TPSA) is 64.6 Å². The molecule has 0 spiro atoms. The van der Waals surface area contributed by atoms with Crippen molar-refractivity contribution in [1.82, 2.24) is 0 Å². The molecule has 0 saturated heterocycles.